The maximum absolute atomic E-state index is 12.3. The first kappa shape index (κ1) is 15.5. The number of carbonyl (C=O) groups excluding carboxylic acids is 2. The van der Waals surface area contributed by atoms with Crippen LogP contribution in [-0.2, 0) is 4.74 Å². The molecule has 0 atom stereocenters. The van der Waals surface area contributed by atoms with E-state index >= 15 is 0 Å². The van der Waals surface area contributed by atoms with E-state index < -0.39 is 23.6 Å². The van der Waals surface area contributed by atoms with Crippen molar-refractivity contribution in [2.45, 2.75) is 13.3 Å². The van der Waals surface area contributed by atoms with Crippen LogP contribution in [0.25, 0.3) is 0 Å². The Hall–Kier alpha value is -2.56. The number of nitriles is 1. The summed E-state index contributed by atoms with van der Waals surface area (Å²) in [4.78, 5) is 22.3. The van der Waals surface area contributed by atoms with Gasteiger partial charge in [-0.05, 0) is 19.1 Å². The van der Waals surface area contributed by atoms with Gasteiger partial charge in [0.05, 0.1) is 18.2 Å². The highest BCUT2D eigenvalue weighted by molar-refractivity contribution is 5.95. The summed E-state index contributed by atoms with van der Waals surface area (Å²) >= 11 is 0. The molecular formula is C12H8F3NO4. The number of carbonyl (C=O) groups is 2. The Morgan fingerprint density at radius 2 is 2.10 bits per heavy atom. The second-order valence-electron chi connectivity index (χ2n) is 3.43. The fraction of sp³-hybridized carbons (Fsp3) is 0.250. The van der Waals surface area contributed by atoms with Crippen LogP contribution in [0.3, 0.4) is 0 Å². The average Bonchev–Trinajstić information content (AvgIpc) is 2.36. The Bertz CT molecular complexity index is 575. The summed E-state index contributed by atoms with van der Waals surface area (Å²) in [5.41, 5.74) is -1.15. The largest absolute Gasteiger partial charge is 0.573 e. The van der Waals surface area contributed by atoms with Crippen molar-refractivity contribution in [2.24, 2.45) is 0 Å². The molecule has 0 unspecified atom stereocenters. The van der Waals surface area contributed by atoms with Gasteiger partial charge in [0.25, 0.3) is 0 Å². The molecule has 0 bridgehead atoms. The molecule has 0 fully saturated rings. The van der Waals surface area contributed by atoms with Gasteiger partial charge < -0.3 is 9.47 Å². The van der Waals surface area contributed by atoms with Crippen LogP contribution in [0.15, 0.2) is 12.1 Å². The first-order chi connectivity index (χ1) is 9.32. The fourth-order valence-corrected chi connectivity index (χ4v) is 1.37. The number of rotatable bonds is 4. The Balaban J connectivity index is 3.41. The molecule has 1 aromatic carbocycles. The summed E-state index contributed by atoms with van der Waals surface area (Å²) in [7, 11) is 0. The number of nitrogens with zero attached hydrogens (tertiary/aromatic N) is 1. The highest BCUT2D eigenvalue weighted by Gasteiger charge is 2.33. The number of alkyl halides is 3. The number of ether oxygens (including phenoxy) is 2. The molecular weight excluding hydrogens is 279 g/mol. The van der Waals surface area contributed by atoms with Gasteiger partial charge in [-0.25, -0.2) is 4.79 Å². The number of hydrogen-bond donors (Lipinski definition) is 0. The van der Waals surface area contributed by atoms with Crippen molar-refractivity contribution in [3.63, 3.8) is 0 Å². The van der Waals surface area contributed by atoms with E-state index in [1.54, 1.807) is 6.07 Å². The second kappa shape index (κ2) is 6.06. The monoisotopic (exact) mass is 287 g/mol. The zero-order valence-corrected chi connectivity index (χ0v) is 10.2. The lowest BCUT2D eigenvalue weighted by Crippen LogP contribution is -2.20. The van der Waals surface area contributed by atoms with Crippen LogP contribution < -0.4 is 4.74 Å². The highest BCUT2D eigenvalue weighted by atomic mass is 19.4. The molecule has 20 heavy (non-hydrogen) atoms. The normalized spacial score (nSPS) is 10.6. The summed E-state index contributed by atoms with van der Waals surface area (Å²) < 4.78 is 45.0. The lowest BCUT2D eigenvalue weighted by Gasteiger charge is -2.13. The van der Waals surface area contributed by atoms with Gasteiger partial charge in [-0.2, -0.15) is 5.26 Å². The van der Waals surface area contributed by atoms with E-state index in [1.165, 1.54) is 6.92 Å². The van der Waals surface area contributed by atoms with E-state index in [4.69, 9.17) is 5.26 Å². The zero-order chi connectivity index (χ0) is 15.3. The van der Waals surface area contributed by atoms with Gasteiger partial charge in [-0.1, -0.05) is 0 Å². The third kappa shape index (κ3) is 3.71. The third-order valence-corrected chi connectivity index (χ3v) is 2.12. The molecule has 106 valence electrons. The molecule has 0 aliphatic heterocycles. The van der Waals surface area contributed by atoms with Gasteiger partial charge in [0.15, 0.2) is 6.29 Å². The van der Waals surface area contributed by atoms with E-state index in [-0.39, 0.29) is 24.0 Å². The van der Waals surface area contributed by atoms with Crippen LogP contribution in [0.2, 0.25) is 0 Å². The van der Waals surface area contributed by atoms with Gasteiger partial charge in [-0.3, -0.25) is 4.79 Å². The van der Waals surface area contributed by atoms with Crippen molar-refractivity contribution < 1.29 is 32.2 Å². The number of benzene rings is 1. The number of hydrogen-bond acceptors (Lipinski definition) is 5. The summed E-state index contributed by atoms with van der Waals surface area (Å²) in [5, 5.41) is 8.79. The van der Waals surface area contributed by atoms with Crippen LogP contribution in [-0.4, -0.2) is 25.2 Å². The molecule has 1 rings (SSSR count). The SMILES string of the molecule is CCOC(=O)c1cc(C#N)c(C=O)cc1OC(F)(F)F. The first-order valence-electron chi connectivity index (χ1n) is 5.28. The van der Waals surface area contributed by atoms with Crippen molar-refractivity contribution in [3.05, 3.63) is 28.8 Å². The van der Waals surface area contributed by atoms with Gasteiger partial charge in [0.2, 0.25) is 0 Å². The Kier molecular flexibility index (Phi) is 4.69. The van der Waals surface area contributed by atoms with E-state index in [2.05, 4.69) is 9.47 Å². The van der Waals surface area contributed by atoms with Gasteiger partial charge in [0, 0.05) is 5.56 Å². The molecule has 0 aliphatic carbocycles. The molecule has 1 aromatic rings. The van der Waals surface area contributed by atoms with Crippen LogP contribution in [0, 0.1) is 11.3 Å². The topological polar surface area (TPSA) is 76.4 Å². The van der Waals surface area contributed by atoms with Crippen molar-refractivity contribution in [2.75, 3.05) is 6.61 Å². The minimum absolute atomic E-state index is 0.0678. The van der Waals surface area contributed by atoms with Gasteiger partial charge in [-0.15, -0.1) is 13.2 Å². The lowest BCUT2D eigenvalue weighted by atomic mass is 10.0. The second-order valence-corrected chi connectivity index (χ2v) is 3.43. The number of halogens is 3. The van der Waals surface area contributed by atoms with Crippen LogP contribution in [0.5, 0.6) is 5.75 Å². The van der Waals surface area contributed by atoms with Crippen molar-refractivity contribution in [1.82, 2.24) is 0 Å². The Morgan fingerprint density at radius 1 is 1.45 bits per heavy atom. The zero-order valence-electron chi connectivity index (χ0n) is 10.2. The van der Waals surface area contributed by atoms with Crippen LogP contribution in [0.1, 0.15) is 33.2 Å². The van der Waals surface area contributed by atoms with Gasteiger partial charge >= 0.3 is 12.3 Å². The van der Waals surface area contributed by atoms with Crippen LogP contribution in [0.4, 0.5) is 13.2 Å². The predicted molar refractivity (Wildman–Crippen MR) is 59.2 cm³/mol. The van der Waals surface area contributed by atoms with E-state index in [0.717, 1.165) is 6.07 Å². The molecule has 8 heteroatoms. The molecule has 0 amide bonds. The lowest BCUT2D eigenvalue weighted by molar-refractivity contribution is -0.274. The molecule has 0 aliphatic rings. The summed E-state index contributed by atoms with van der Waals surface area (Å²) in [6.45, 7) is 1.40. The number of aldehydes is 1. The Morgan fingerprint density at radius 3 is 2.55 bits per heavy atom. The molecule has 0 saturated heterocycles. The fourth-order valence-electron chi connectivity index (χ4n) is 1.37. The van der Waals surface area contributed by atoms with Crippen molar-refractivity contribution in [1.29, 1.82) is 5.26 Å². The van der Waals surface area contributed by atoms with Crippen molar-refractivity contribution in [3.8, 4) is 11.8 Å². The van der Waals surface area contributed by atoms with Crippen molar-refractivity contribution >= 4 is 12.3 Å². The van der Waals surface area contributed by atoms with Crippen LogP contribution >= 0.6 is 0 Å². The van der Waals surface area contributed by atoms with Gasteiger partial charge in [0.1, 0.15) is 11.3 Å². The molecule has 0 radical (unpaired) electrons. The first-order valence-corrected chi connectivity index (χ1v) is 5.28. The van der Waals surface area contributed by atoms with E-state index in [1.807, 2.05) is 0 Å². The molecule has 0 N–H and O–H groups in total. The minimum atomic E-state index is -5.05. The maximum atomic E-state index is 12.3. The Labute approximate surface area is 111 Å². The molecule has 0 aromatic heterocycles. The molecule has 0 heterocycles. The van der Waals surface area contributed by atoms with E-state index in [0.29, 0.717) is 6.07 Å². The molecule has 0 spiro atoms. The molecule has 0 saturated carbocycles. The summed E-state index contributed by atoms with van der Waals surface area (Å²) in [5.74, 6) is -1.97. The molecule has 5 nitrogen and oxygen atoms in total. The highest BCUT2D eigenvalue weighted by Crippen LogP contribution is 2.29. The van der Waals surface area contributed by atoms with E-state index in [9.17, 15) is 22.8 Å². The average molecular weight is 287 g/mol. The summed E-state index contributed by atoms with van der Waals surface area (Å²) in [6, 6.07) is 3.09. The third-order valence-electron chi connectivity index (χ3n) is 2.12. The quantitative estimate of drug-likeness (QED) is 0.628. The maximum Gasteiger partial charge on any atom is 0.573 e. The minimum Gasteiger partial charge on any atom is -0.462 e. The predicted octanol–water partition coefficient (Wildman–Crippen LogP) is 2.45. The standard InChI is InChI=1S/C12H8F3NO4/c1-2-19-11(18)9-3-7(5-16)8(6-17)4-10(9)20-12(13,14)15/h3-4,6H,2H2,1H3. The summed E-state index contributed by atoms with van der Waals surface area (Å²) in [6.07, 6.45) is -4.85. The smallest absolute Gasteiger partial charge is 0.462 e. The number of esters is 1.